The van der Waals surface area contributed by atoms with Crippen molar-refractivity contribution in [3.05, 3.63) is 57.7 Å². The third-order valence-electron chi connectivity index (χ3n) is 2.37. The van der Waals surface area contributed by atoms with Crippen molar-refractivity contribution >= 4 is 27.5 Å². The smallest absolute Gasteiger partial charge is 0.137 e. The highest BCUT2D eigenvalue weighted by atomic mass is 79.9. The van der Waals surface area contributed by atoms with Crippen molar-refractivity contribution in [1.82, 2.24) is 0 Å². The minimum Gasteiger partial charge on any atom is -0.467 e. The summed E-state index contributed by atoms with van der Waals surface area (Å²) in [6, 6.07) is 6.55. The van der Waals surface area contributed by atoms with Crippen molar-refractivity contribution in [3.63, 3.8) is 0 Å². The quantitative estimate of drug-likeness (QED) is 0.725. The van der Waals surface area contributed by atoms with Gasteiger partial charge in [0.1, 0.15) is 17.0 Å². The lowest BCUT2D eigenvalue weighted by Gasteiger charge is -2.09. The predicted molar refractivity (Wildman–Crippen MR) is 65.2 cm³/mol. The van der Waals surface area contributed by atoms with E-state index < -0.39 is 5.38 Å². The van der Waals surface area contributed by atoms with Gasteiger partial charge in [-0.25, -0.2) is 4.39 Å². The number of hydrogen-bond donors (Lipinski definition) is 0. The van der Waals surface area contributed by atoms with Crippen LogP contribution in [0.5, 0.6) is 0 Å². The van der Waals surface area contributed by atoms with Crippen LogP contribution in [-0.4, -0.2) is 0 Å². The zero-order chi connectivity index (χ0) is 11.7. The average Bonchev–Trinajstić information content (AvgIpc) is 2.67. The van der Waals surface area contributed by atoms with E-state index in [4.69, 9.17) is 16.0 Å². The van der Waals surface area contributed by atoms with Crippen LogP contribution in [0.15, 0.2) is 39.4 Å². The third-order valence-corrected chi connectivity index (χ3v) is 3.43. The van der Waals surface area contributed by atoms with Crippen LogP contribution in [-0.2, 0) is 0 Å². The van der Waals surface area contributed by atoms with Crippen LogP contribution in [0.4, 0.5) is 4.39 Å². The molecule has 0 saturated heterocycles. The highest BCUT2D eigenvalue weighted by molar-refractivity contribution is 9.10. The van der Waals surface area contributed by atoms with Crippen molar-refractivity contribution in [2.75, 3.05) is 0 Å². The minimum absolute atomic E-state index is 0.302. The molecule has 1 heterocycles. The van der Waals surface area contributed by atoms with E-state index >= 15 is 0 Å². The van der Waals surface area contributed by atoms with Gasteiger partial charge in [-0.2, -0.15) is 0 Å². The molecule has 0 aliphatic carbocycles. The summed E-state index contributed by atoms with van der Waals surface area (Å²) in [5.74, 6) is 0.393. The molecule has 0 spiro atoms. The summed E-state index contributed by atoms with van der Waals surface area (Å²) in [6.07, 6.45) is 1.60. The number of halogens is 3. The van der Waals surface area contributed by atoms with E-state index in [-0.39, 0.29) is 5.82 Å². The number of hydrogen-bond acceptors (Lipinski definition) is 1. The highest BCUT2D eigenvalue weighted by Crippen LogP contribution is 2.33. The van der Waals surface area contributed by atoms with E-state index in [1.165, 1.54) is 6.07 Å². The summed E-state index contributed by atoms with van der Waals surface area (Å²) in [4.78, 5) is 0. The summed E-state index contributed by atoms with van der Waals surface area (Å²) in [5.41, 5.74) is 1.79. The first-order chi connectivity index (χ1) is 7.59. The van der Waals surface area contributed by atoms with Gasteiger partial charge in [0.15, 0.2) is 0 Å². The molecule has 4 heteroatoms. The SMILES string of the molecule is Cc1ccoc1C(Cl)c1ccc(F)c(Br)c1. The topological polar surface area (TPSA) is 13.1 Å². The van der Waals surface area contributed by atoms with Gasteiger partial charge in [0.2, 0.25) is 0 Å². The molecule has 0 aliphatic heterocycles. The molecular weight excluding hydrogens is 294 g/mol. The lowest BCUT2D eigenvalue weighted by atomic mass is 10.1. The van der Waals surface area contributed by atoms with Crippen molar-refractivity contribution in [2.24, 2.45) is 0 Å². The molecule has 1 atom stereocenters. The Bertz CT molecular complexity index is 509. The van der Waals surface area contributed by atoms with Gasteiger partial charge in [0.05, 0.1) is 10.7 Å². The molecule has 1 aromatic heterocycles. The molecule has 0 amide bonds. The maximum Gasteiger partial charge on any atom is 0.137 e. The first-order valence-electron chi connectivity index (χ1n) is 4.72. The average molecular weight is 304 g/mol. The molecule has 0 N–H and O–H groups in total. The molecule has 0 saturated carbocycles. The second kappa shape index (κ2) is 4.60. The number of furan rings is 1. The van der Waals surface area contributed by atoms with Crippen molar-refractivity contribution in [3.8, 4) is 0 Å². The van der Waals surface area contributed by atoms with Gasteiger partial charge < -0.3 is 4.42 Å². The second-order valence-corrected chi connectivity index (χ2v) is 4.79. The monoisotopic (exact) mass is 302 g/mol. The standard InChI is InChI=1S/C12H9BrClFO/c1-7-4-5-16-12(7)11(14)8-2-3-10(15)9(13)6-8/h2-6,11H,1H3. The minimum atomic E-state index is -0.396. The van der Waals surface area contributed by atoms with E-state index in [1.54, 1.807) is 18.4 Å². The Balaban J connectivity index is 2.38. The van der Waals surface area contributed by atoms with E-state index in [0.29, 0.717) is 10.2 Å². The van der Waals surface area contributed by atoms with Crippen LogP contribution < -0.4 is 0 Å². The maximum absolute atomic E-state index is 13.1. The summed E-state index contributed by atoms with van der Waals surface area (Å²) in [5, 5.41) is -0.396. The fourth-order valence-electron chi connectivity index (χ4n) is 1.47. The summed E-state index contributed by atoms with van der Waals surface area (Å²) < 4.78 is 18.8. The van der Waals surface area contributed by atoms with Gasteiger partial charge in [-0.15, -0.1) is 11.6 Å². The van der Waals surface area contributed by atoms with Gasteiger partial charge in [-0.05, 0) is 52.2 Å². The fraction of sp³-hybridized carbons (Fsp3) is 0.167. The van der Waals surface area contributed by atoms with Crippen LogP contribution in [0.1, 0.15) is 22.3 Å². The molecule has 0 radical (unpaired) electrons. The molecule has 0 fully saturated rings. The molecule has 0 bridgehead atoms. The highest BCUT2D eigenvalue weighted by Gasteiger charge is 2.17. The summed E-state index contributed by atoms with van der Waals surface area (Å²) >= 11 is 9.40. The number of aryl methyl sites for hydroxylation is 1. The molecule has 0 aliphatic rings. The van der Waals surface area contributed by atoms with E-state index in [9.17, 15) is 4.39 Å². The van der Waals surface area contributed by atoms with Crippen molar-refractivity contribution in [1.29, 1.82) is 0 Å². The van der Waals surface area contributed by atoms with Crippen molar-refractivity contribution in [2.45, 2.75) is 12.3 Å². The van der Waals surface area contributed by atoms with Gasteiger partial charge in [-0.1, -0.05) is 6.07 Å². The molecule has 16 heavy (non-hydrogen) atoms. The Kier molecular flexibility index (Phi) is 3.36. The Hall–Kier alpha value is -0.800. The van der Waals surface area contributed by atoms with Crippen molar-refractivity contribution < 1.29 is 8.81 Å². The molecule has 2 aromatic rings. The number of alkyl halides is 1. The lowest BCUT2D eigenvalue weighted by molar-refractivity contribution is 0.513. The van der Waals surface area contributed by atoms with Gasteiger partial charge in [0, 0.05) is 0 Å². The molecule has 84 valence electrons. The molecule has 1 aromatic carbocycles. The third kappa shape index (κ3) is 2.15. The Morgan fingerprint density at radius 3 is 2.69 bits per heavy atom. The van der Waals surface area contributed by atoms with Gasteiger partial charge >= 0.3 is 0 Å². The van der Waals surface area contributed by atoms with E-state index in [1.807, 2.05) is 13.0 Å². The summed E-state index contributed by atoms with van der Waals surface area (Å²) in [7, 11) is 0. The molecule has 2 rings (SSSR count). The zero-order valence-electron chi connectivity index (χ0n) is 8.51. The first-order valence-corrected chi connectivity index (χ1v) is 5.95. The fourth-order valence-corrected chi connectivity index (χ4v) is 2.22. The lowest BCUT2D eigenvalue weighted by Crippen LogP contribution is -1.94. The van der Waals surface area contributed by atoms with Crippen LogP contribution in [0, 0.1) is 12.7 Å². The van der Waals surface area contributed by atoms with Gasteiger partial charge in [0.25, 0.3) is 0 Å². The maximum atomic E-state index is 13.1. The predicted octanol–water partition coefficient (Wildman–Crippen LogP) is 4.82. The largest absolute Gasteiger partial charge is 0.467 e. The van der Waals surface area contributed by atoms with E-state index in [2.05, 4.69) is 15.9 Å². The van der Waals surface area contributed by atoms with E-state index in [0.717, 1.165) is 11.1 Å². The second-order valence-electron chi connectivity index (χ2n) is 3.50. The Labute approximate surface area is 106 Å². The van der Waals surface area contributed by atoms with Crippen LogP contribution >= 0.6 is 27.5 Å². The number of rotatable bonds is 2. The summed E-state index contributed by atoms with van der Waals surface area (Å²) in [6.45, 7) is 1.92. The molecule has 1 unspecified atom stereocenters. The van der Waals surface area contributed by atoms with Crippen LogP contribution in [0.2, 0.25) is 0 Å². The Morgan fingerprint density at radius 1 is 1.38 bits per heavy atom. The molecular formula is C12H9BrClFO. The normalized spacial score (nSPS) is 12.8. The first kappa shape index (κ1) is 11.7. The number of benzene rings is 1. The zero-order valence-corrected chi connectivity index (χ0v) is 10.8. The Morgan fingerprint density at radius 2 is 2.12 bits per heavy atom. The van der Waals surface area contributed by atoms with Gasteiger partial charge in [-0.3, -0.25) is 0 Å². The van der Waals surface area contributed by atoms with Crippen LogP contribution in [0.25, 0.3) is 0 Å². The molecule has 1 nitrogen and oxygen atoms in total. The van der Waals surface area contributed by atoms with Crippen LogP contribution in [0.3, 0.4) is 0 Å².